The number of aromatic nitrogens is 3. The van der Waals surface area contributed by atoms with Crippen LogP contribution >= 0.6 is 11.6 Å². The molecule has 0 aliphatic heterocycles. The van der Waals surface area contributed by atoms with Crippen LogP contribution in [0.2, 0.25) is 5.02 Å². The van der Waals surface area contributed by atoms with E-state index in [1.807, 2.05) is 0 Å². The van der Waals surface area contributed by atoms with Gasteiger partial charge in [-0.25, -0.2) is 40.9 Å². The second kappa shape index (κ2) is 7.04. The number of carbonyl (C=O) groups is 1. The van der Waals surface area contributed by atoms with Crippen LogP contribution in [-0.2, 0) is 15.8 Å². The smallest absolute Gasteiger partial charge is 0.418 e. The number of alkyl halides is 3. The van der Waals surface area contributed by atoms with Gasteiger partial charge in [0.25, 0.3) is 12.2 Å². The summed E-state index contributed by atoms with van der Waals surface area (Å²) in [6.07, 6.45) is -3.56. The molecule has 8 nitrogen and oxygen atoms in total. The number of carboxylic acid groups (broad SMARTS) is 1. The maximum atomic E-state index is 15.0. The van der Waals surface area contributed by atoms with Gasteiger partial charge in [0.05, 0.1) is 0 Å². The van der Waals surface area contributed by atoms with E-state index in [-0.39, 0.29) is 16.2 Å². The van der Waals surface area contributed by atoms with Gasteiger partial charge in [-0.15, -0.1) is 0 Å². The van der Waals surface area contributed by atoms with Crippen LogP contribution < -0.4 is 4.72 Å². The summed E-state index contributed by atoms with van der Waals surface area (Å²) in [5.74, 6) is -3.74. The molecule has 0 saturated heterocycles. The van der Waals surface area contributed by atoms with Gasteiger partial charge in [-0.05, 0) is 18.2 Å². The third-order valence-corrected chi connectivity index (χ3v) is 5.39. The first-order valence-corrected chi connectivity index (χ1v) is 9.24. The number of nitrogens with one attached hydrogen (secondary N) is 1. The first-order chi connectivity index (χ1) is 13.0. The molecular formula is C15H10ClF3N4O4S. The number of benzene rings is 1. The van der Waals surface area contributed by atoms with Gasteiger partial charge in [-0.1, -0.05) is 23.7 Å². The molecule has 1 atom stereocenters. The fraction of sp³-hybridized carbons (Fsp3) is 0.133. The molecule has 0 amide bonds. The molecule has 148 valence electrons. The Labute approximate surface area is 160 Å². The quantitative estimate of drug-likeness (QED) is 0.597. The number of imidazole rings is 1. The number of hydrogen-bond donors (Lipinski definition) is 2. The number of hydrogen-bond acceptors (Lipinski definition) is 5. The summed E-state index contributed by atoms with van der Waals surface area (Å²) in [6, 6.07) is 5.00. The first-order valence-electron chi connectivity index (χ1n) is 7.38. The van der Waals surface area contributed by atoms with Crippen molar-refractivity contribution in [2.75, 3.05) is 0 Å². The van der Waals surface area contributed by atoms with Crippen molar-refractivity contribution in [3.05, 3.63) is 53.4 Å². The number of fused-ring (bicyclic) bond motifs is 1. The Morgan fingerprint density at radius 3 is 2.46 bits per heavy atom. The summed E-state index contributed by atoms with van der Waals surface area (Å²) in [6.45, 7) is 0. The van der Waals surface area contributed by atoms with Crippen LogP contribution in [0.25, 0.3) is 11.2 Å². The molecule has 2 heterocycles. The van der Waals surface area contributed by atoms with E-state index in [9.17, 15) is 26.4 Å². The molecule has 0 radical (unpaired) electrons. The molecule has 0 saturated carbocycles. The summed E-state index contributed by atoms with van der Waals surface area (Å²) in [7, 11) is -4.82. The van der Waals surface area contributed by atoms with Gasteiger partial charge in [0.2, 0.25) is 10.0 Å². The zero-order chi connectivity index (χ0) is 20.7. The van der Waals surface area contributed by atoms with Crippen LogP contribution in [0.15, 0.2) is 47.8 Å². The Hall–Kier alpha value is -2.70. The Bertz CT molecular complexity index is 1150. The normalized spacial score (nSPS) is 14.3. The molecule has 0 aliphatic carbocycles. The highest BCUT2D eigenvalue weighted by Gasteiger charge is 2.46. The standard InChI is InChI=1S/C15H10ClF3N4O4S/c16-9-3-1-8(2-4-9)15(19,13(17)18)22-28(26,27)10-5-11-12(20-6-10)23(7-21-11)14(24)25/h1-7,13,22H,(H,24,25). The third-order valence-electron chi connectivity index (χ3n) is 3.73. The van der Waals surface area contributed by atoms with Gasteiger partial charge in [0.15, 0.2) is 5.65 Å². The highest BCUT2D eigenvalue weighted by molar-refractivity contribution is 7.89. The van der Waals surface area contributed by atoms with E-state index in [0.717, 1.165) is 36.7 Å². The van der Waals surface area contributed by atoms with Gasteiger partial charge in [0, 0.05) is 16.8 Å². The fourth-order valence-corrected chi connectivity index (χ4v) is 3.65. The Morgan fingerprint density at radius 1 is 1.25 bits per heavy atom. The predicted molar refractivity (Wildman–Crippen MR) is 91.5 cm³/mol. The molecule has 0 aliphatic rings. The SMILES string of the molecule is O=C(O)n1cnc2cc(S(=O)(=O)NC(F)(c3ccc(Cl)cc3)C(F)F)cnc21. The highest BCUT2D eigenvalue weighted by atomic mass is 35.5. The number of halogens is 4. The van der Waals surface area contributed by atoms with E-state index in [4.69, 9.17) is 16.7 Å². The third kappa shape index (κ3) is 3.53. The lowest BCUT2D eigenvalue weighted by Crippen LogP contribution is -2.47. The van der Waals surface area contributed by atoms with Crippen molar-refractivity contribution in [1.82, 2.24) is 19.3 Å². The maximum absolute atomic E-state index is 15.0. The van der Waals surface area contributed by atoms with Crippen molar-refractivity contribution in [3.63, 3.8) is 0 Å². The zero-order valence-electron chi connectivity index (χ0n) is 13.6. The van der Waals surface area contributed by atoms with Crippen molar-refractivity contribution in [2.24, 2.45) is 0 Å². The van der Waals surface area contributed by atoms with E-state index >= 15 is 0 Å². The van der Waals surface area contributed by atoms with Crippen LogP contribution in [-0.4, -0.2) is 40.6 Å². The van der Waals surface area contributed by atoms with Gasteiger partial charge < -0.3 is 5.11 Å². The van der Waals surface area contributed by atoms with E-state index in [2.05, 4.69) is 9.97 Å². The van der Waals surface area contributed by atoms with Gasteiger partial charge in [-0.3, -0.25) is 0 Å². The lowest BCUT2D eigenvalue weighted by atomic mass is 10.1. The largest absolute Gasteiger partial charge is 0.464 e. The topological polar surface area (TPSA) is 114 Å². The molecule has 28 heavy (non-hydrogen) atoms. The Morgan fingerprint density at radius 2 is 1.89 bits per heavy atom. The zero-order valence-corrected chi connectivity index (χ0v) is 15.1. The molecule has 13 heteroatoms. The molecule has 2 N–H and O–H groups in total. The maximum Gasteiger partial charge on any atom is 0.418 e. The summed E-state index contributed by atoms with van der Waals surface area (Å²) < 4.78 is 68.8. The van der Waals surface area contributed by atoms with Gasteiger partial charge in [-0.2, -0.15) is 4.72 Å². The molecule has 0 fully saturated rings. The lowest BCUT2D eigenvalue weighted by Gasteiger charge is -2.26. The van der Waals surface area contributed by atoms with Gasteiger partial charge >= 0.3 is 6.09 Å². The van der Waals surface area contributed by atoms with Crippen molar-refractivity contribution in [2.45, 2.75) is 17.1 Å². The minimum absolute atomic E-state index is 0.140. The summed E-state index contributed by atoms with van der Waals surface area (Å²) in [5, 5.41) is 9.12. The van der Waals surface area contributed by atoms with Crippen LogP contribution in [0, 0.1) is 0 Å². The van der Waals surface area contributed by atoms with Crippen molar-refractivity contribution >= 4 is 38.9 Å². The minimum Gasteiger partial charge on any atom is -0.464 e. The molecule has 1 unspecified atom stereocenters. The average Bonchev–Trinajstić information content (AvgIpc) is 3.05. The van der Waals surface area contributed by atoms with Crippen LogP contribution in [0.5, 0.6) is 0 Å². The highest BCUT2D eigenvalue weighted by Crippen LogP contribution is 2.33. The van der Waals surface area contributed by atoms with Crippen LogP contribution in [0.1, 0.15) is 5.56 Å². The van der Waals surface area contributed by atoms with Gasteiger partial charge in [0.1, 0.15) is 16.7 Å². The first kappa shape index (κ1) is 20.0. The second-order valence-electron chi connectivity index (χ2n) is 5.54. The number of nitrogens with zero attached hydrogens (tertiary/aromatic N) is 3. The average molecular weight is 435 g/mol. The lowest BCUT2D eigenvalue weighted by molar-refractivity contribution is -0.0474. The Balaban J connectivity index is 2.02. The van der Waals surface area contributed by atoms with E-state index in [1.165, 1.54) is 4.72 Å². The molecule has 1 aromatic carbocycles. The van der Waals surface area contributed by atoms with E-state index in [1.54, 1.807) is 0 Å². The predicted octanol–water partition coefficient (Wildman–Crippen LogP) is 2.98. The molecule has 0 bridgehead atoms. The number of sulfonamides is 1. The van der Waals surface area contributed by atoms with Crippen molar-refractivity contribution in [3.8, 4) is 0 Å². The van der Waals surface area contributed by atoms with E-state index in [0.29, 0.717) is 10.8 Å². The monoisotopic (exact) mass is 434 g/mol. The summed E-state index contributed by atoms with van der Waals surface area (Å²) >= 11 is 5.64. The molecule has 3 aromatic rings. The Kier molecular flexibility index (Phi) is 5.04. The van der Waals surface area contributed by atoms with Crippen LogP contribution in [0.3, 0.4) is 0 Å². The molecule has 2 aromatic heterocycles. The van der Waals surface area contributed by atoms with Crippen molar-refractivity contribution < 1.29 is 31.5 Å². The molecule has 0 spiro atoms. The van der Waals surface area contributed by atoms with E-state index < -0.39 is 38.8 Å². The number of rotatable bonds is 5. The number of pyridine rings is 1. The van der Waals surface area contributed by atoms with Crippen molar-refractivity contribution in [1.29, 1.82) is 0 Å². The van der Waals surface area contributed by atoms with Crippen LogP contribution in [0.4, 0.5) is 18.0 Å². The minimum atomic E-state index is -4.82. The molecular weight excluding hydrogens is 425 g/mol. The summed E-state index contributed by atoms with van der Waals surface area (Å²) in [5.41, 5.74) is -0.970. The molecule has 3 rings (SSSR count). The fourth-order valence-electron chi connectivity index (χ4n) is 2.35. The summed E-state index contributed by atoms with van der Waals surface area (Å²) in [4.78, 5) is 17.7. The second-order valence-corrected chi connectivity index (χ2v) is 7.65.